The van der Waals surface area contributed by atoms with Gasteiger partial charge in [-0.2, -0.15) is 0 Å². The van der Waals surface area contributed by atoms with E-state index in [4.69, 9.17) is 24.7 Å². The molecule has 0 aliphatic rings. The molecule has 30 heavy (non-hydrogen) atoms. The van der Waals surface area contributed by atoms with Gasteiger partial charge in [-0.3, -0.25) is 4.79 Å². The van der Waals surface area contributed by atoms with E-state index in [9.17, 15) is 9.59 Å². The maximum atomic E-state index is 12.1. The minimum atomic E-state index is -0.580. The SMILES string of the molecule is COc1cc(NC(=O)NCC#CCOc2ccccc2C(N)=O)cc(OC)c1OC. The molecule has 9 heteroatoms. The lowest BCUT2D eigenvalue weighted by atomic mass is 10.2. The Kier molecular flexibility index (Phi) is 8.20. The van der Waals surface area contributed by atoms with E-state index in [-0.39, 0.29) is 18.7 Å². The van der Waals surface area contributed by atoms with Crippen LogP contribution in [0.15, 0.2) is 36.4 Å². The number of benzene rings is 2. The summed E-state index contributed by atoms with van der Waals surface area (Å²) in [5, 5.41) is 5.26. The van der Waals surface area contributed by atoms with Gasteiger partial charge in [0, 0.05) is 12.1 Å². The van der Waals surface area contributed by atoms with E-state index in [1.165, 1.54) is 21.3 Å². The van der Waals surface area contributed by atoms with Crippen molar-refractivity contribution in [1.29, 1.82) is 0 Å². The Labute approximate surface area is 174 Å². The normalized spacial score (nSPS) is 9.57. The molecule has 0 aromatic heterocycles. The molecule has 0 heterocycles. The number of amides is 3. The largest absolute Gasteiger partial charge is 0.493 e. The van der Waals surface area contributed by atoms with E-state index >= 15 is 0 Å². The minimum Gasteiger partial charge on any atom is -0.493 e. The van der Waals surface area contributed by atoms with Gasteiger partial charge in [0.25, 0.3) is 5.91 Å². The Bertz CT molecular complexity index is 940. The van der Waals surface area contributed by atoms with Gasteiger partial charge in [-0.1, -0.05) is 24.0 Å². The van der Waals surface area contributed by atoms with Gasteiger partial charge in [0.1, 0.15) is 12.4 Å². The Morgan fingerprint density at radius 2 is 1.63 bits per heavy atom. The van der Waals surface area contributed by atoms with Gasteiger partial charge >= 0.3 is 6.03 Å². The highest BCUT2D eigenvalue weighted by molar-refractivity contribution is 5.95. The minimum absolute atomic E-state index is 0.0421. The summed E-state index contributed by atoms with van der Waals surface area (Å²) in [5.41, 5.74) is 6.02. The van der Waals surface area contributed by atoms with Crippen LogP contribution in [0.4, 0.5) is 10.5 Å². The number of anilines is 1. The zero-order chi connectivity index (χ0) is 21.9. The van der Waals surface area contributed by atoms with Crippen LogP contribution in [0.5, 0.6) is 23.0 Å². The van der Waals surface area contributed by atoms with E-state index in [2.05, 4.69) is 22.5 Å². The quantitative estimate of drug-likeness (QED) is 0.570. The molecule has 158 valence electrons. The van der Waals surface area contributed by atoms with Crippen molar-refractivity contribution < 1.29 is 28.5 Å². The molecular formula is C21H23N3O6. The van der Waals surface area contributed by atoms with Gasteiger partial charge in [-0.15, -0.1) is 0 Å². The number of methoxy groups -OCH3 is 3. The van der Waals surface area contributed by atoms with Crippen LogP contribution in [-0.2, 0) is 0 Å². The highest BCUT2D eigenvalue weighted by Gasteiger charge is 2.14. The Hall–Kier alpha value is -4.06. The first-order valence-corrected chi connectivity index (χ1v) is 8.82. The van der Waals surface area contributed by atoms with E-state index < -0.39 is 11.9 Å². The van der Waals surface area contributed by atoms with Gasteiger partial charge in [0.15, 0.2) is 11.5 Å². The summed E-state index contributed by atoms with van der Waals surface area (Å²) in [6.45, 7) is 0.136. The highest BCUT2D eigenvalue weighted by Crippen LogP contribution is 2.39. The average molecular weight is 413 g/mol. The summed E-state index contributed by atoms with van der Waals surface area (Å²) < 4.78 is 21.2. The predicted molar refractivity (Wildman–Crippen MR) is 111 cm³/mol. The number of nitrogens with one attached hydrogen (secondary N) is 2. The first kappa shape index (κ1) is 22.2. The van der Waals surface area contributed by atoms with Crippen LogP contribution in [0.3, 0.4) is 0 Å². The van der Waals surface area contributed by atoms with Crippen LogP contribution in [0.2, 0.25) is 0 Å². The summed E-state index contributed by atoms with van der Waals surface area (Å²) in [7, 11) is 4.47. The van der Waals surface area contributed by atoms with Crippen LogP contribution in [-0.4, -0.2) is 46.4 Å². The van der Waals surface area contributed by atoms with E-state index in [1.807, 2.05) is 0 Å². The van der Waals surface area contributed by atoms with Gasteiger partial charge in [0.2, 0.25) is 5.75 Å². The summed E-state index contributed by atoms with van der Waals surface area (Å²) in [6.07, 6.45) is 0. The van der Waals surface area contributed by atoms with Gasteiger partial charge in [-0.05, 0) is 12.1 Å². The lowest BCUT2D eigenvalue weighted by Gasteiger charge is -2.14. The number of primary amides is 1. The lowest BCUT2D eigenvalue weighted by molar-refractivity contribution is 0.0997. The molecule has 0 spiro atoms. The molecule has 2 aromatic rings. The maximum absolute atomic E-state index is 12.1. The predicted octanol–water partition coefficient (Wildman–Crippen LogP) is 2.02. The Balaban J connectivity index is 1.86. The van der Waals surface area contributed by atoms with Crippen molar-refractivity contribution in [1.82, 2.24) is 5.32 Å². The molecule has 0 unspecified atom stereocenters. The van der Waals surface area contributed by atoms with Crippen molar-refractivity contribution in [2.75, 3.05) is 39.8 Å². The van der Waals surface area contributed by atoms with Crippen LogP contribution in [0, 0.1) is 11.8 Å². The van der Waals surface area contributed by atoms with E-state index in [0.29, 0.717) is 28.7 Å². The first-order chi connectivity index (χ1) is 14.5. The van der Waals surface area contributed by atoms with Crippen molar-refractivity contribution in [3.8, 4) is 34.8 Å². The van der Waals surface area contributed by atoms with E-state index in [0.717, 1.165) is 0 Å². The molecule has 0 fully saturated rings. The number of hydrogen-bond donors (Lipinski definition) is 3. The molecule has 2 rings (SSSR count). The van der Waals surface area contributed by atoms with Gasteiger partial charge in [0.05, 0.1) is 39.1 Å². The number of carbonyl (C=O) groups is 2. The first-order valence-electron chi connectivity index (χ1n) is 8.82. The average Bonchev–Trinajstić information content (AvgIpc) is 2.75. The number of nitrogens with two attached hydrogens (primary N) is 1. The standard InChI is InChI=1S/C21H23N3O6/c1-27-17-12-14(13-18(28-2)19(17)29-3)24-21(26)23-10-6-7-11-30-16-9-5-4-8-15(16)20(22)25/h4-5,8-9,12-13H,10-11H2,1-3H3,(H2,22,25)(H2,23,24,26). The third-order valence-electron chi connectivity index (χ3n) is 3.84. The van der Waals surface area contributed by atoms with Gasteiger partial charge in [-0.25, -0.2) is 4.79 Å². The summed E-state index contributed by atoms with van der Waals surface area (Å²) in [5.74, 6) is 6.53. The number of carbonyl (C=O) groups excluding carboxylic acids is 2. The zero-order valence-corrected chi connectivity index (χ0v) is 16.9. The fourth-order valence-corrected chi connectivity index (χ4v) is 2.48. The molecule has 0 aliphatic heterocycles. The van der Waals surface area contributed by atoms with Gasteiger partial charge < -0.3 is 35.3 Å². The third kappa shape index (κ3) is 5.97. The van der Waals surface area contributed by atoms with Crippen molar-refractivity contribution in [2.24, 2.45) is 5.73 Å². The Morgan fingerprint density at radius 3 is 2.23 bits per heavy atom. The molecule has 0 radical (unpaired) electrons. The molecule has 9 nitrogen and oxygen atoms in total. The summed E-state index contributed by atoms with van der Waals surface area (Å²) >= 11 is 0. The van der Waals surface area contributed by atoms with Crippen molar-refractivity contribution in [3.63, 3.8) is 0 Å². The molecule has 3 amide bonds. The smallest absolute Gasteiger partial charge is 0.319 e. The zero-order valence-electron chi connectivity index (χ0n) is 16.9. The van der Waals surface area contributed by atoms with Crippen LogP contribution in [0.25, 0.3) is 0 Å². The fourth-order valence-electron chi connectivity index (χ4n) is 2.48. The van der Waals surface area contributed by atoms with Crippen LogP contribution in [0.1, 0.15) is 10.4 Å². The second-order valence-corrected chi connectivity index (χ2v) is 5.72. The number of ether oxygens (including phenoxy) is 4. The molecule has 0 saturated heterocycles. The number of urea groups is 1. The molecule has 2 aromatic carbocycles. The van der Waals surface area contributed by atoms with Crippen molar-refractivity contribution >= 4 is 17.6 Å². The highest BCUT2D eigenvalue weighted by atomic mass is 16.5. The number of rotatable bonds is 8. The van der Waals surface area contributed by atoms with Crippen LogP contribution < -0.4 is 35.3 Å². The molecule has 4 N–H and O–H groups in total. The van der Waals surface area contributed by atoms with E-state index in [1.54, 1.807) is 36.4 Å². The lowest BCUT2D eigenvalue weighted by Crippen LogP contribution is -2.29. The van der Waals surface area contributed by atoms with Crippen molar-refractivity contribution in [3.05, 3.63) is 42.0 Å². The topological polar surface area (TPSA) is 121 Å². The second-order valence-electron chi connectivity index (χ2n) is 5.72. The summed E-state index contributed by atoms with van der Waals surface area (Å²) in [4.78, 5) is 23.4. The molecule has 0 aliphatic carbocycles. The maximum Gasteiger partial charge on any atom is 0.319 e. The summed E-state index contributed by atoms with van der Waals surface area (Å²) in [6, 6.07) is 9.37. The third-order valence-corrected chi connectivity index (χ3v) is 3.84. The molecule has 0 saturated carbocycles. The van der Waals surface area contributed by atoms with Crippen LogP contribution >= 0.6 is 0 Å². The Morgan fingerprint density at radius 1 is 0.967 bits per heavy atom. The second kappa shape index (κ2) is 11.1. The number of para-hydroxylation sites is 1. The molecule has 0 bridgehead atoms. The fraction of sp³-hybridized carbons (Fsp3) is 0.238. The van der Waals surface area contributed by atoms with Crippen molar-refractivity contribution in [2.45, 2.75) is 0 Å². The monoisotopic (exact) mass is 413 g/mol. The molecule has 0 atom stereocenters. The molecular weight excluding hydrogens is 390 g/mol. The number of hydrogen-bond acceptors (Lipinski definition) is 6.